The monoisotopic (exact) mass is 476 g/mol. The standard InChI is InChI=1S/C26H40N2O4S/c1-17-6-8-19(9-7-17)24(30)28(20-11-14-27(15-12-20)18(2)29)22-16-21(10-13-26(3,4)5)33-23(22)25(31)32/h17,19-23H,6-9,11-12,14-16H2,1-5H3,(H,31,32)/t17-,19+,21?,22?,23?. The van der Waals surface area contributed by atoms with Crippen molar-refractivity contribution in [1.82, 2.24) is 9.80 Å². The fourth-order valence-electron chi connectivity index (χ4n) is 5.33. The van der Waals surface area contributed by atoms with Crippen LogP contribution in [0, 0.1) is 29.1 Å². The van der Waals surface area contributed by atoms with Gasteiger partial charge in [-0.2, -0.15) is 0 Å². The first-order valence-corrected chi connectivity index (χ1v) is 13.4. The molecule has 6 nitrogen and oxygen atoms in total. The van der Waals surface area contributed by atoms with E-state index in [4.69, 9.17) is 0 Å². The second-order valence-electron chi connectivity index (χ2n) is 11.1. The van der Waals surface area contributed by atoms with Crippen molar-refractivity contribution >= 4 is 29.5 Å². The molecule has 3 rings (SSSR count). The lowest BCUT2D eigenvalue weighted by atomic mass is 9.81. The van der Waals surface area contributed by atoms with E-state index in [2.05, 4.69) is 39.5 Å². The fraction of sp³-hybridized carbons (Fsp3) is 0.808. The molecule has 2 saturated heterocycles. The van der Waals surface area contributed by atoms with Gasteiger partial charge >= 0.3 is 5.97 Å². The zero-order valence-corrected chi connectivity index (χ0v) is 21.6. The Bertz CT molecular complexity index is 795. The fourth-order valence-corrected chi connectivity index (χ4v) is 6.66. The number of piperidine rings is 1. The van der Waals surface area contributed by atoms with Crippen LogP contribution in [-0.2, 0) is 14.4 Å². The molecule has 1 saturated carbocycles. The Kier molecular flexibility index (Phi) is 8.42. The molecular weight excluding hydrogens is 436 g/mol. The van der Waals surface area contributed by atoms with Crippen molar-refractivity contribution in [3.63, 3.8) is 0 Å². The number of carboxylic acid groups (broad SMARTS) is 1. The number of hydrogen-bond acceptors (Lipinski definition) is 4. The van der Waals surface area contributed by atoms with Gasteiger partial charge in [0.15, 0.2) is 0 Å². The summed E-state index contributed by atoms with van der Waals surface area (Å²) >= 11 is 1.40. The molecule has 0 aromatic carbocycles. The summed E-state index contributed by atoms with van der Waals surface area (Å²) in [6.45, 7) is 11.2. The van der Waals surface area contributed by atoms with Gasteiger partial charge in [-0.15, -0.1) is 11.8 Å². The van der Waals surface area contributed by atoms with E-state index in [1.54, 1.807) is 6.92 Å². The highest BCUT2D eigenvalue weighted by molar-refractivity contribution is 8.01. The SMILES string of the molecule is CC(=O)N1CCC(N(C(=O)[C@H]2CC[C@@H](C)CC2)C2CC(C#CC(C)(C)C)SC2C(=O)O)CC1. The summed E-state index contributed by atoms with van der Waals surface area (Å²) in [6.07, 6.45) is 5.87. The van der Waals surface area contributed by atoms with Crippen molar-refractivity contribution in [1.29, 1.82) is 0 Å². The normalized spacial score (nSPS) is 30.9. The highest BCUT2D eigenvalue weighted by Gasteiger charge is 2.47. The van der Waals surface area contributed by atoms with E-state index in [0.717, 1.165) is 25.7 Å². The lowest BCUT2D eigenvalue weighted by molar-refractivity contribution is -0.146. The summed E-state index contributed by atoms with van der Waals surface area (Å²) in [5.41, 5.74) is -0.148. The van der Waals surface area contributed by atoms with Crippen LogP contribution in [0.2, 0.25) is 0 Å². The van der Waals surface area contributed by atoms with Gasteiger partial charge in [0.25, 0.3) is 0 Å². The predicted octanol–water partition coefficient (Wildman–Crippen LogP) is 4.03. The van der Waals surface area contributed by atoms with Crippen LogP contribution in [0.25, 0.3) is 0 Å². The van der Waals surface area contributed by atoms with Gasteiger partial charge in [0, 0.05) is 37.4 Å². The van der Waals surface area contributed by atoms with Crippen molar-refractivity contribution in [2.45, 2.75) is 102 Å². The summed E-state index contributed by atoms with van der Waals surface area (Å²) in [7, 11) is 0. The highest BCUT2D eigenvalue weighted by atomic mass is 32.2. The molecule has 2 aliphatic heterocycles. The van der Waals surface area contributed by atoms with Crippen LogP contribution in [0.3, 0.4) is 0 Å². The van der Waals surface area contributed by atoms with Crippen LogP contribution in [0.4, 0.5) is 0 Å². The number of hydrogen-bond donors (Lipinski definition) is 1. The molecule has 2 heterocycles. The van der Waals surface area contributed by atoms with E-state index < -0.39 is 11.2 Å². The van der Waals surface area contributed by atoms with Gasteiger partial charge in [0.2, 0.25) is 11.8 Å². The van der Waals surface area contributed by atoms with Gasteiger partial charge in [-0.25, -0.2) is 0 Å². The Hall–Kier alpha value is -1.68. The average Bonchev–Trinajstić information content (AvgIpc) is 3.17. The topological polar surface area (TPSA) is 77.9 Å². The minimum absolute atomic E-state index is 0.0192. The van der Waals surface area contributed by atoms with Crippen molar-refractivity contribution < 1.29 is 19.5 Å². The minimum atomic E-state index is -0.860. The minimum Gasteiger partial charge on any atom is -0.480 e. The molecule has 1 N–H and O–H groups in total. The smallest absolute Gasteiger partial charge is 0.318 e. The maximum atomic E-state index is 13.9. The molecule has 3 unspecified atom stereocenters. The zero-order valence-electron chi connectivity index (χ0n) is 20.8. The Morgan fingerprint density at radius 2 is 1.64 bits per heavy atom. The van der Waals surface area contributed by atoms with Gasteiger partial charge in [0.1, 0.15) is 5.25 Å². The Morgan fingerprint density at radius 1 is 1.03 bits per heavy atom. The molecule has 0 aromatic rings. The Balaban J connectivity index is 1.86. The van der Waals surface area contributed by atoms with E-state index in [1.165, 1.54) is 11.8 Å². The number of likely N-dealkylation sites (tertiary alicyclic amines) is 1. The maximum absolute atomic E-state index is 13.9. The molecule has 3 fully saturated rings. The quantitative estimate of drug-likeness (QED) is 0.620. The van der Waals surface area contributed by atoms with Gasteiger partial charge < -0.3 is 14.9 Å². The van der Waals surface area contributed by atoms with Gasteiger partial charge in [-0.05, 0) is 71.6 Å². The Morgan fingerprint density at radius 3 is 2.15 bits per heavy atom. The molecule has 0 radical (unpaired) electrons. The van der Waals surface area contributed by atoms with Crippen molar-refractivity contribution in [2.75, 3.05) is 13.1 Å². The van der Waals surface area contributed by atoms with Gasteiger partial charge in [-0.1, -0.05) is 18.8 Å². The van der Waals surface area contributed by atoms with E-state index >= 15 is 0 Å². The second-order valence-corrected chi connectivity index (χ2v) is 12.5. The first-order valence-electron chi connectivity index (χ1n) is 12.4. The van der Waals surface area contributed by atoms with Crippen molar-refractivity contribution in [2.24, 2.45) is 17.3 Å². The summed E-state index contributed by atoms with van der Waals surface area (Å²) in [6, 6.07) is -0.373. The van der Waals surface area contributed by atoms with E-state index in [-0.39, 0.29) is 40.5 Å². The summed E-state index contributed by atoms with van der Waals surface area (Å²) in [5, 5.41) is 9.30. The van der Waals surface area contributed by atoms with E-state index in [9.17, 15) is 19.5 Å². The molecule has 7 heteroatoms. The van der Waals surface area contributed by atoms with Crippen molar-refractivity contribution in [3.05, 3.63) is 0 Å². The third kappa shape index (κ3) is 6.68. The molecule has 0 bridgehead atoms. The van der Waals surface area contributed by atoms with Crippen LogP contribution < -0.4 is 0 Å². The molecule has 1 aliphatic carbocycles. The highest BCUT2D eigenvalue weighted by Crippen LogP contribution is 2.41. The van der Waals surface area contributed by atoms with Gasteiger partial charge in [0.05, 0.1) is 11.3 Å². The maximum Gasteiger partial charge on any atom is 0.318 e. The number of carbonyl (C=O) groups excluding carboxylic acids is 2. The molecule has 33 heavy (non-hydrogen) atoms. The van der Waals surface area contributed by atoms with Crippen LogP contribution in [0.5, 0.6) is 0 Å². The first kappa shape index (κ1) is 25.9. The molecule has 2 amide bonds. The number of rotatable bonds is 4. The molecular formula is C26H40N2O4S. The third-order valence-electron chi connectivity index (χ3n) is 7.25. The molecule has 3 atom stereocenters. The Labute approximate surface area is 203 Å². The number of carbonyl (C=O) groups is 3. The first-order chi connectivity index (χ1) is 15.5. The summed E-state index contributed by atoms with van der Waals surface area (Å²) in [5.74, 6) is 6.52. The van der Waals surface area contributed by atoms with Crippen LogP contribution >= 0.6 is 11.8 Å². The number of aliphatic carboxylic acids is 1. The lowest BCUT2D eigenvalue weighted by Crippen LogP contribution is -2.56. The van der Waals surface area contributed by atoms with E-state index in [1.807, 2.05) is 9.80 Å². The second kappa shape index (κ2) is 10.7. The zero-order chi connectivity index (χ0) is 24.3. The summed E-state index contributed by atoms with van der Waals surface area (Å²) in [4.78, 5) is 41.8. The van der Waals surface area contributed by atoms with Crippen LogP contribution in [-0.4, -0.2) is 68.4 Å². The average molecular weight is 477 g/mol. The van der Waals surface area contributed by atoms with Gasteiger partial charge in [-0.3, -0.25) is 14.4 Å². The van der Waals surface area contributed by atoms with Crippen LogP contribution in [0.1, 0.15) is 79.6 Å². The van der Waals surface area contributed by atoms with Crippen LogP contribution in [0.15, 0.2) is 0 Å². The molecule has 0 spiro atoms. The number of nitrogens with zero attached hydrogens (tertiary/aromatic N) is 2. The summed E-state index contributed by atoms with van der Waals surface area (Å²) < 4.78 is 0. The van der Waals surface area contributed by atoms with E-state index in [0.29, 0.717) is 38.3 Å². The predicted molar refractivity (Wildman–Crippen MR) is 132 cm³/mol. The number of thioether (sulfide) groups is 1. The molecule has 3 aliphatic rings. The van der Waals surface area contributed by atoms with Crippen molar-refractivity contribution in [3.8, 4) is 11.8 Å². The molecule has 184 valence electrons. The lowest BCUT2D eigenvalue weighted by Gasteiger charge is -2.44. The molecule has 0 aromatic heterocycles. The number of carboxylic acids is 1. The number of amides is 2. The third-order valence-corrected chi connectivity index (χ3v) is 8.70. The largest absolute Gasteiger partial charge is 0.480 e.